The Morgan fingerprint density at radius 2 is 0.917 bits per heavy atom. The molecule has 1 N–H and O–H groups in total. The van der Waals surface area contributed by atoms with Crippen LogP contribution in [0.4, 0.5) is 0 Å². The minimum atomic E-state index is -0.713. The lowest BCUT2D eigenvalue weighted by Crippen LogP contribution is -2.18. The molecule has 0 bridgehead atoms. The van der Waals surface area contributed by atoms with Gasteiger partial charge in [0.25, 0.3) is 0 Å². The number of carbonyl (C=O) groups excluding carboxylic acids is 1. The fourth-order valence-electron chi connectivity index (χ4n) is 5.51. The lowest BCUT2D eigenvalue weighted by atomic mass is 10.0. The van der Waals surface area contributed by atoms with Gasteiger partial charge < -0.3 is 9.84 Å². The first kappa shape index (κ1) is 45.4. The Morgan fingerprint density at radius 3 is 1.50 bits per heavy atom. The quantitative estimate of drug-likeness (QED) is 0.0415. The fraction of sp³-hybridized carbons (Fsp3) is 0.682. The maximum Gasteiger partial charge on any atom is 0.306 e. The number of carbonyl (C=O) groups is 2. The summed E-state index contributed by atoms with van der Waals surface area (Å²) in [6.07, 6.45) is 54.9. The SMILES string of the molecule is CC/C=C\C/C=C\C/C=C\C/C=C\C/C=C\CCCC(=O)OC(CCC/C=C\CCCCCCCCCC)CCCCCCCC(=O)O. The average molecular weight is 667 g/mol. The van der Waals surface area contributed by atoms with E-state index in [1.165, 1.54) is 57.8 Å². The van der Waals surface area contributed by atoms with E-state index in [2.05, 4.69) is 86.8 Å². The predicted octanol–water partition coefficient (Wildman–Crippen LogP) is 13.9. The van der Waals surface area contributed by atoms with Crippen molar-refractivity contribution in [3.8, 4) is 0 Å². The molecule has 48 heavy (non-hydrogen) atoms. The van der Waals surface area contributed by atoms with Crippen molar-refractivity contribution in [1.29, 1.82) is 0 Å². The summed E-state index contributed by atoms with van der Waals surface area (Å²) < 4.78 is 5.96. The van der Waals surface area contributed by atoms with Crippen LogP contribution in [0.1, 0.15) is 187 Å². The number of aliphatic carboxylic acids is 1. The van der Waals surface area contributed by atoms with Crippen LogP contribution in [0.25, 0.3) is 0 Å². The van der Waals surface area contributed by atoms with Crippen LogP contribution in [0.15, 0.2) is 72.9 Å². The monoisotopic (exact) mass is 667 g/mol. The van der Waals surface area contributed by atoms with E-state index in [-0.39, 0.29) is 18.5 Å². The van der Waals surface area contributed by atoms with Gasteiger partial charge in [0.1, 0.15) is 6.10 Å². The first-order chi connectivity index (χ1) is 23.6. The van der Waals surface area contributed by atoms with Crippen LogP contribution in [0.5, 0.6) is 0 Å². The average Bonchev–Trinajstić information content (AvgIpc) is 3.07. The summed E-state index contributed by atoms with van der Waals surface area (Å²) in [5.41, 5.74) is 0. The molecule has 1 atom stereocenters. The normalized spacial score (nSPS) is 13.0. The lowest BCUT2D eigenvalue weighted by Gasteiger charge is -2.18. The molecule has 0 rings (SSSR count). The standard InChI is InChI=1S/C44H74O4/c1-3-5-7-9-11-13-15-17-18-19-20-22-24-26-28-33-37-41-44(47)48-42(39-35-31-29-32-36-40-43(45)46)38-34-30-27-25-23-21-16-14-12-10-8-6-4-2/h5,7,11,13,17-18,20,22,25-28,42H,3-4,6,8-10,12,14-16,19,21,23-24,29-41H2,1-2H3,(H,45,46)/b7-5-,13-11-,18-17-,22-20-,27-25-,28-26-. The summed E-state index contributed by atoms with van der Waals surface area (Å²) in [5, 5.41) is 8.82. The van der Waals surface area contributed by atoms with Gasteiger partial charge >= 0.3 is 11.9 Å². The molecular weight excluding hydrogens is 592 g/mol. The number of ether oxygens (including phenoxy) is 1. The molecule has 0 aliphatic carbocycles. The van der Waals surface area contributed by atoms with Crippen LogP contribution < -0.4 is 0 Å². The highest BCUT2D eigenvalue weighted by Crippen LogP contribution is 2.17. The molecule has 0 aromatic heterocycles. The van der Waals surface area contributed by atoms with Crippen molar-refractivity contribution in [1.82, 2.24) is 0 Å². The van der Waals surface area contributed by atoms with Gasteiger partial charge in [-0.15, -0.1) is 0 Å². The predicted molar refractivity (Wildman–Crippen MR) is 208 cm³/mol. The van der Waals surface area contributed by atoms with Crippen LogP contribution in [-0.2, 0) is 14.3 Å². The Kier molecular flexibility index (Phi) is 36.7. The molecule has 1 unspecified atom stereocenters. The summed E-state index contributed by atoms with van der Waals surface area (Å²) in [7, 11) is 0. The Bertz CT molecular complexity index is 892. The van der Waals surface area contributed by atoms with Crippen molar-refractivity contribution in [3.63, 3.8) is 0 Å². The Morgan fingerprint density at radius 1 is 0.479 bits per heavy atom. The van der Waals surface area contributed by atoms with Gasteiger partial charge in [-0.25, -0.2) is 0 Å². The van der Waals surface area contributed by atoms with Gasteiger partial charge in [-0.3, -0.25) is 9.59 Å². The van der Waals surface area contributed by atoms with Gasteiger partial charge in [0.05, 0.1) is 0 Å². The molecule has 0 fully saturated rings. The van der Waals surface area contributed by atoms with Crippen LogP contribution >= 0.6 is 0 Å². The number of carboxylic acids is 1. The molecule has 0 amide bonds. The number of allylic oxidation sites excluding steroid dienone is 12. The second-order valence-electron chi connectivity index (χ2n) is 13.1. The number of hydrogen-bond donors (Lipinski definition) is 1. The minimum absolute atomic E-state index is 0.00803. The highest BCUT2D eigenvalue weighted by Gasteiger charge is 2.14. The summed E-state index contributed by atoms with van der Waals surface area (Å²) in [4.78, 5) is 23.4. The molecule has 0 aromatic carbocycles. The molecule has 0 aliphatic rings. The Hall–Kier alpha value is -2.62. The van der Waals surface area contributed by atoms with Crippen LogP contribution in [-0.4, -0.2) is 23.1 Å². The smallest absolute Gasteiger partial charge is 0.306 e. The van der Waals surface area contributed by atoms with Crippen molar-refractivity contribution in [2.24, 2.45) is 0 Å². The highest BCUT2D eigenvalue weighted by atomic mass is 16.5. The molecule has 0 heterocycles. The maximum atomic E-state index is 12.6. The first-order valence-electron chi connectivity index (χ1n) is 19.9. The molecule has 4 nitrogen and oxygen atoms in total. The van der Waals surface area contributed by atoms with Crippen LogP contribution in [0.2, 0.25) is 0 Å². The van der Waals surface area contributed by atoms with E-state index < -0.39 is 5.97 Å². The van der Waals surface area contributed by atoms with E-state index in [1.54, 1.807) is 0 Å². The zero-order valence-electron chi connectivity index (χ0n) is 31.3. The number of rotatable bonds is 35. The summed E-state index contributed by atoms with van der Waals surface area (Å²) in [6.45, 7) is 4.42. The lowest BCUT2D eigenvalue weighted by molar-refractivity contribution is -0.150. The van der Waals surface area contributed by atoms with Gasteiger partial charge in [0.15, 0.2) is 0 Å². The first-order valence-corrected chi connectivity index (χ1v) is 19.9. The van der Waals surface area contributed by atoms with Crippen molar-refractivity contribution in [2.45, 2.75) is 193 Å². The molecule has 0 spiro atoms. The summed E-state index contributed by atoms with van der Waals surface area (Å²) >= 11 is 0. The van der Waals surface area contributed by atoms with Crippen molar-refractivity contribution in [3.05, 3.63) is 72.9 Å². The molecule has 0 radical (unpaired) electrons. The molecule has 0 saturated carbocycles. The molecule has 4 heteroatoms. The zero-order chi connectivity index (χ0) is 35.0. The van der Waals surface area contributed by atoms with E-state index in [9.17, 15) is 9.59 Å². The van der Waals surface area contributed by atoms with E-state index in [0.29, 0.717) is 6.42 Å². The third-order valence-electron chi connectivity index (χ3n) is 8.41. The van der Waals surface area contributed by atoms with E-state index in [1.807, 2.05) is 0 Å². The molecule has 0 saturated heterocycles. The van der Waals surface area contributed by atoms with Gasteiger partial charge in [-0.1, -0.05) is 151 Å². The van der Waals surface area contributed by atoms with Crippen molar-refractivity contribution < 1.29 is 19.4 Å². The number of esters is 1. The van der Waals surface area contributed by atoms with Gasteiger partial charge in [0.2, 0.25) is 0 Å². The Balaban J connectivity index is 4.22. The largest absolute Gasteiger partial charge is 0.481 e. The zero-order valence-corrected chi connectivity index (χ0v) is 31.3. The summed E-state index contributed by atoms with van der Waals surface area (Å²) in [6, 6.07) is 0. The summed E-state index contributed by atoms with van der Waals surface area (Å²) in [5.74, 6) is -0.783. The third-order valence-corrected chi connectivity index (χ3v) is 8.41. The maximum absolute atomic E-state index is 12.6. The van der Waals surface area contributed by atoms with Crippen LogP contribution in [0.3, 0.4) is 0 Å². The molecule has 0 aliphatic heterocycles. The van der Waals surface area contributed by atoms with Gasteiger partial charge in [-0.05, 0) is 96.3 Å². The van der Waals surface area contributed by atoms with Gasteiger partial charge in [0, 0.05) is 12.8 Å². The Labute approximate surface area is 297 Å². The fourth-order valence-corrected chi connectivity index (χ4v) is 5.51. The molecular formula is C44H74O4. The second kappa shape index (κ2) is 38.8. The van der Waals surface area contributed by atoms with Crippen LogP contribution in [0, 0.1) is 0 Å². The third kappa shape index (κ3) is 37.8. The van der Waals surface area contributed by atoms with E-state index in [0.717, 1.165) is 103 Å². The number of carboxylic acid groups (broad SMARTS) is 1. The number of unbranched alkanes of at least 4 members (excludes halogenated alkanes) is 14. The van der Waals surface area contributed by atoms with E-state index >= 15 is 0 Å². The topological polar surface area (TPSA) is 63.6 Å². The van der Waals surface area contributed by atoms with Crippen molar-refractivity contribution >= 4 is 11.9 Å². The van der Waals surface area contributed by atoms with Crippen molar-refractivity contribution in [2.75, 3.05) is 0 Å². The number of hydrogen-bond acceptors (Lipinski definition) is 3. The molecule has 0 aromatic rings. The second-order valence-corrected chi connectivity index (χ2v) is 13.1. The molecule has 274 valence electrons. The highest BCUT2D eigenvalue weighted by molar-refractivity contribution is 5.69. The minimum Gasteiger partial charge on any atom is -0.481 e. The van der Waals surface area contributed by atoms with E-state index in [4.69, 9.17) is 9.84 Å². The van der Waals surface area contributed by atoms with Gasteiger partial charge in [-0.2, -0.15) is 0 Å².